The normalized spacial score (nSPS) is 11.2. The molecule has 2 aromatic rings. The lowest BCUT2D eigenvalue weighted by atomic mass is 10.0. The Hall–Kier alpha value is -2.95. The summed E-state index contributed by atoms with van der Waals surface area (Å²) in [4.78, 5) is 38.7. The van der Waals surface area contributed by atoms with Crippen LogP contribution in [0, 0.1) is 13.8 Å². The number of hydrogen-bond acceptors (Lipinski definition) is 4. The molecule has 0 aliphatic carbocycles. The first-order chi connectivity index (χ1) is 12.7. The predicted octanol–water partition coefficient (Wildman–Crippen LogP) is 4.40. The molecule has 142 valence electrons. The fourth-order valence-corrected chi connectivity index (χ4v) is 2.97. The summed E-state index contributed by atoms with van der Waals surface area (Å²) in [5, 5.41) is 0. The highest BCUT2D eigenvalue weighted by atomic mass is 16.5. The summed E-state index contributed by atoms with van der Waals surface area (Å²) >= 11 is 0. The highest BCUT2D eigenvalue weighted by molar-refractivity contribution is 6.04. The van der Waals surface area contributed by atoms with E-state index in [4.69, 9.17) is 4.74 Å². The van der Waals surface area contributed by atoms with E-state index in [1.54, 1.807) is 19.9 Å². The molecule has 1 aromatic carbocycles. The fourth-order valence-electron chi connectivity index (χ4n) is 2.97. The third-order valence-electron chi connectivity index (χ3n) is 4.43. The predicted molar refractivity (Wildman–Crippen MR) is 105 cm³/mol. The van der Waals surface area contributed by atoms with Crippen LogP contribution in [0.4, 0.5) is 0 Å². The molecule has 0 radical (unpaired) electrons. The third kappa shape index (κ3) is 5.03. The Balaban J connectivity index is 1.96. The fraction of sp³-hybridized carbons (Fsp3) is 0.318. The number of aromatic amines is 1. The molecule has 5 heteroatoms. The van der Waals surface area contributed by atoms with Crippen molar-refractivity contribution in [2.75, 3.05) is 6.61 Å². The average molecular weight is 367 g/mol. The number of carbonyl (C=O) groups excluding carboxylic acids is 3. The van der Waals surface area contributed by atoms with E-state index in [2.05, 4.69) is 18.8 Å². The zero-order chi connectivity index (χ0) is 20.1. The van der Waals surface area contributed by atoms with Crippen LogP contribution in [0.25, 0.3) is 6.08 Å². The van der Waals surface area contributed by atoms with Crippen molar-refractivity contribution in [3.05, 3.63) is 64.0 Å². The van der Waals surface area contributed by atoms with Gasteiger partial charge in [-0.2, -0.15) is 0 Å². The van der Waals surface area contributed by atoms with E-state index < -0.39 is 5.97 Å². The molecule has 0 unspecified atom stereocenters. The monoisotopic (exact) mass is 367 g/mol. The van der Waals surface area contributed by atoms with Crippen molar-refractivity contribution in [3.8, 4) is 0 Å². The maximum Gasteiger partial charge on any atom is 0.331 e. The average Bonchev–Trinajstić information content (AvgIpc) is 2.92. The highest BCUT2D eigenvalue weighted by Crippen LogP contribution is 2.19. The van der Waals surface area contributed by atoms with Gasteiger partial charge in [-0.25, -0.2) is 4.79 Å². The Morgan fingerprint density at radius 2 is 1.74 bits per heavy atom. The van der Waals surface area contributed by atoms with E-state index in [0.717, 1.165) is 5.56 Å². The second-order valence-corrected chi connectivity index (χ2v) is 6.87. The third-order valence-corrected chi connectivity index (χ3v) is 4.43. The number of benzene rings is 1. The lowest BCUT2D eigenvalue weighted by molar-refractivity contribution is -0.136. The standard InChI is InChI=1S/C22H25NO4/c1-13(2)18-9-6-17(7-10-18)8-11-20(26)27-12-19(25)22-14(3)21(16(5)24)15(4)23-22/h6-11,13,23H,12H2,1-5H3. The Bertz CT molecular complexity index is 886. The molecule has 0 saturated carbocycles. The van der Waals surface area contributed by atoms with Gasteiger partial charge in [0.25, 0.3) is 0 Å². The number of rotatable bonds is 7. The molecule has 0 spiro atoms. The van der Waals surface area contributed by atoms with E-state index in [-0.39, 0.29) is 18.2 Å². The first-order valence-corrected chi connectivity index (χ1v) is 8.88. The van der Waals surface area contributed by atoms with Crippen molar-refractivity contribution in [1.82, 2.24) is 4.98 Å². The molecule has 0 atom stereocenters. The quantitative estimate of drug-likeness (QED) is 0.447. The molecule has 0 fully saturated rings. The molecule has 0 aliphatic rings. The largest absolute Gasteiger partial charge is 0.454 e. The first-order valence-electron chi connectivity index (χ1n) is 8.88. The molecule has 0 amide bonds. The lowest BCUT2D eigenvalue weighted by Crippen LogP contribution is -2.14. The summed E-state index contributed by atoms with van der Waals surface area (Å²) in [5.41, 5.74) is 4.14. The van der Waals surface area contributed by atoms with Crippen LogP contribution in [0.2, 0.25) is 0 Å². The topological polar surface area (TPSA) is 76.2 Å². The molecular weight excluding hydrogens is 342 g/mol. The van der Waals surface area contributed by atoms with Crippen molar-refractivity contribution < 1.29 is 19.1 Å². The van der Waals surface area contributed by atoms with Crippen LogP contribution in [0.15, 0.2) is 30.3 Å². The molecule has 1 N–H and O–H groups in total. The van der Waals surface area contributed by atoms with E-state index in [1.165, 1.54) is 18.6 Å². The number of aryl methyl sites for hydroxylation is 1. The van der Waals surface area contributed by atoms with Crippen molar-refractivity contribution in [3.63, 3.8) is 0 Å². The maximum absolute atomic E-state index is 12.3. The van der Waals surface area contributed by atoms with Gasteiger partial charge >= 0.3 is 5.97 Å². The number of H-pyrrole nitrogens is 1. The summed E-state index contributed by atoms with van der Waals surface area (Å²) in [6, 6.07) is 7.89. The lowest BCUT2D eigenvalue weighted by Gasteiger charge is -2.04. The SMILES string of the molecule is CC(=O)c1c(C)[nH]c(C(=O)COC(=O)C=Cc2ccc(C(C)C)cc2)c1C. The van der Waals surface area contributed by atoms with E-state index in [1.807, 2.05) is 24.3 Å². The van der Waals surface area contributed by atoms with Crippen molar-refractivity contribution in [1.29, 1.82) is 0 Å². The van der Waals surface area contributed by atoms with Gasteiger partial charge in [-0.05, 0) is 49.5 Å². The minimum atomic E-state index is -0.594. The molecule has 0 saturated heterocycles. The number of Topliss-reactive ketones (excluding diaryl/α,β-unsaturated/α-hetero) is 2. The van der Waals surface area contributed by atoms with Gasteiger partial charge in [0.15, 0.2) is 12.4 Å². The maximum atomic E-state index is 12.3. The number of nitrogens with one attached hydrogen (secondary N) is 1. The Kier molecular flexibility index (Phi) is 6.50. The second-order valence-electron chi connectivity index (χ2n) is 6.87. The van der Waals surface area contributed by atoms with Crippen LogP contribution in [0.1, 0.15) is 69.9 Å². The summed E-state index contributed by atoms with van der Waals surface area (Å²) in [6.07, 6.45) is 2.94. The number of ether oxygens (including phenoxy) is 1. The zero-order valence-electron chi connectivity index (χ0n) is 16.4. The van der Waals surface area contributed by atoms with Crippen LogP contribution in [-0.4, -0.2) is 29.1 Å². The smallest absolute Gasteiger partial charge is 0.331 e. The Labute approximate surface area is 159 Å². The summed E-state index contributed by atoms with van der Waals surface area (Å²) < 4.78 is 5.03. The van der Waals surface area contributed by atoms with Gasteiger partial charge in [-0.1, -0.05) is 38.1 Å². The molecule has 1 aromatic heterocycles. The van der Waals surface area contributed by atoms with Gasteiger partial charge in [0.2, 0.25) is 5.78 Å². The van der Waals surface area contributed by atoms with Crippen LogP contribution in [0.5, 0.6) is 0 Å². The molecule has 0 bridgehead atoms. The van der Waals surface area contributed by atoms with Gasteiger partial charge < -0.3 is 9.72 Å². The minimum absolute atomic E-state index is 0.108. The van der Waals surface area contributed by atoms with Crippen LogP contribution in [-0.2, 0) is 9.53 Å². The van der Waals surface area contributed by atoms with Gasteiger partial charge in [-0.15, -0.1) is 0 Å². The number of esters is 1. The molecule has 5 nitrogen and oxygen atoms in total. The minimum Gasteiger partial charge on any atom is -0.454 e. The van der Waals surface area contributed by atoms with Crippen LogP contribution < -0.4 is 0 Å². The molecule has 27 heavy (non-hydrogen) atoms. The summed E-state index contributed by atoms with van der Waals surface area (Å²) in [5.74, 6) is -0.624. The van der Waals surface area contributed by atoms with Gasteiger partial charge in [0.05, 0.1) is 5.69 Å². The van der Waals surface area contributed by atoms with E-state index >= 15 is 0 Å². The molecule has 0 aliphatic heterocycles. The van der Waals surface area contributed by atoms with Gasteiger partial charge in [0.1, 0.15) is 0 Å². The van der Waals surface area contributed by atoms with Crippen molar-refractivity contribution >= 4 is 23.6 Å². The Morgan fingerprint density at radius 3 is 2.26 bits per heavy atom. The number of hydrogen-bond donors (Lipinski definition) is 1. The first kappa shape index (κ1) is 20.4. The van der Waals surface area contributed by atoms with Crippen molar-refractivity contribution in [2.24, 2.45) is 0 Å². The van der Waals surface area contributed by atoms with E-state index in [9.17, 15) is 14.4 Å². The van der Waals surface area contributed by atoms with Crippen LogP contribution >= 0.6 is 0 Å². The summed E-state index contributed by atoms with van der Waals surface area (Å²) in [6.45, 7) is 8.75. The molecule has 2 rings (SSSR count). The number of ketones is 2. The van der Waals surface area contributed by atoms with Crippen molar-refractivity contribution in [2.45, 2.75) is 40.5 Å². The second kappa shape index (κ2) is 8.62. The Morgan fingerprint density at radius 1 is 1.11 bits per heavy atom. The number of aromatic nitrogens is 1. The van der Waals surface area contributed by atoms with E-state index in [0.29, 0.717) is 28.4 Å². The summed E-state index contributed by atoms with van der Waals surface area (Å²) in [7, 11) is 0. The number of carbonyl (C=O) groups is 3. The van der Waals surface area contributed by atoms with Gasteiger partial charge in [-0.3, -0.25) is 9.59 Å². The van der Waals surface area contributed by atoms with Crippen LogP contribution in [0.3, 0.4) is 0 Å². The molecule has 1 heterocycles. The molecular formula is C22H25NO4. The zero-order valence-corrected chi connectivity index (χ0v) is 16.4. The highest BCUT2D eigenvalue weighted by Gasteiger charge is 2.20. The van der Waals surface area contributed by atoms with Gasteiger partial charge in [0, 0.05) is 17.3 Å².